The number of thiol groups is 1. The zero-order valence-corrected chi connectivity index (χ0v) is 19.9. The van der Waals surface area contributed by atoms with E-state index in [9.17, 15) is 17.6 Å². The monoisotopic (exact) mass is 478 g/mol. The molecule has 33 heavy (non-hydrogen) atoms. The molecule has 1 atom stereocenters. The summed E-state index contributed by atoms with van der Waals surface area (Å²) >= 11 is 4.59. The molecule has 2 heterocycles. The quantitative estimate of drug-likeness (QED) is 0.292. The average Bonchev–Trinajstić information content (AvgIpc) is 3.08. The second-order valence-corrected chi connectivity index (χ2v) is 9.60. The Labute approximate surface area is 198 Å². The highest BCUT2D eigenvalue weighted by molar-refractivity contribution is 7.80. The second kappa shape index (κ2) is 9.71. The number of hydrogen-bond donors (Lipinski definition) is 1. The fourth-order valence-corrected chi connectivity index (χ4v) is 5.49. The number of rotatable bonds is 6. The van der Waals surface area contributed by atoms with Crippen molar-refractivity contribution >= 4 is 23.5 Å². The van der Waals surface area contributed by atoms with E-state index in [0.29, 0.717) is 17.9 Å². The first kappa shape index (κ1) is 24.1. The smallest absolute Gasteiger partial charge is 0.347 e. The summed E-state index contributed by atoms with van der Waals surface area (Å²) in [5.74, 6) is 0.217. The van der Waals surface area contributed by atoms with Crippen LogP contribution in [0.25, 0.3) is 10.9 Å². The Morgan fingerprint density at radius 3 is 2.48 bits per heavy atom. The third-order valence-electron chi connectivity index (χ3n) is 6.98. The van der Waals surface area contributed by atoms with Gasteiger partial charge in [-0.1, -0.05) is 25.1 Å². The van der Waals surface area contributed by atoms with Gasteiger partial charge < -0.3 is 9.47 Å². The number of piperidine rings is 1. The first-order valence-electron chi connectivity index (χ1n) is 11.5. The lowest BCUT2D eigenvalue weighted by molar-refractivity contribution is -0.137. The standard InChI is InChI=1S/C26H30F4N2S/c1-3-22-25(21-8-7-20(27)16-23(21)31(22)2)17-9-12-32(13-10-17)14-11-24(33)18-5-4-6-19(15-18)26(28,29)30/h4-8,15-17,24,33H,3,9-14H2,1-2H3. The van der Waals surface area contributed by atoms with Gasteiger partial charge in [0.15, 0.2) is 0 Å². The van der Waals surface area contributed by atoms with Crippen molar-refractivity contribution in [1.82, 2.24) is 9.47 Å². The van der Waals surface area contributed by atoms with Crippen LogP contribution in [0.5, 0.6) is 0 Å². The molecule has 1 aliphatic rings. The molecular weight excluding hydrogens is 448 g/mol. The maximum absolute atomic E-state index is 13.8. The molecule has 0 saturated carbocycles. The van der Waals surface area contributed by atoms with Crippen LogP contribution in [0.1, 0.15) is 59.7 Å². The molecule has 0 aliphatic carbocycles. The van der Waals surface area contributed by atoms with Gasteiger partial charge in [0.05, 0.1) is 11.1 Å². The van der Waals surface area contributed by atoms with Crippen molar-refractivity contribution in [3.05, 3.63) is 70.7 Å². The lowest BCUT2D eigenvalue weighted by Gasteiger charge is -2.33. The maximum Gasteiger partial charge on any atom is 0.416 e. The van der Waals surface area contributed by atoms with Crippen LogP contribution in [0.4, 0.5) is 17.6 Å². The predicted molar refractivity (Wildman–Crippen MR) is 128 cm³/mol. The summed E-state index contributed by atoms with van der Waals surface area (Å²) in [5, 5.41) is 0.916. The molecule has 3 aromatic rings. The Balaban J connectivity index is 1.39. The highest BCUT2D eigenvalue weighted by atomic mass is 32.1. The molecule has 0 N–H and O–H groups in total. The Morgan fingerprint density at radius 2 is 1.82 bits per heavy atom. The topological polar surface area (TPSA) is 8.17 Å². The highest BCUT2D eigenvalue weighted by Gasteiger charge is 2.31. The third-order valence-corrected chi connectivity index (χ3v) is 7.53. The first-order chi connectivity index (χ1) is 15.7. The molecule has 4 rings (SSSR count). The molecule has 0 amide bonds. The maximum atomic E-state index is 13.8. The normalized spacial score (nSPS) is 17.1. The van der Waals surface area contributed by atoms with Gasteiger partial charge in [0.2, 0.25) is 0 Å². The van der Waals surface area contributed by atoms with Crippen molar-refractivity contribution in [3.8, 4) is 0 Å². The van der Waals surface area contributed by atoms with E-state index in [0.717, 1.165) is 55.9 Å². The predicted octanol–water partition coefficient (Wildman–Crippen LogP) is 7.14. The summed E-state index contributed by atoms with van der Waals surface area (Å²) in [4.78, 5) is 2.38. The van der Waals surface area contributed by atoms with Crippen molar-refractivity contribution < 1.29 is 17.6 Å². The summed E-state index contributed by atoms with van der Waals surface area (Å²) in [6.07, 6.45) is -0.700. The molecule has 0 bridgehead atoms. The van der Waals surface area contributed by atoms with E-state index in [-0.39, 0.29) is 11.1 Å². The van der Waals surface area contributed by atoms with E-state index in [1.165, 1.54) is 23.4 Å². The molecule has 2 aromatic carbocycles. The van der Waals surface area contributed by atoms with Gasteiger partial charge >= 0.3 is 6.18 Å². The number of likely N-dealkylation sites (tertiary alicyclic amines) is 1. The van der Waals surface area contributed by atoms with E-state index in [4.69, 9.17) is 0 Å². The SMILES string of the molecule is CCc1c(C2CCN(CCC(S)c3cccc(C(F)(F)F)c3)CC2)c2ccc(F)cc2n1C. The zero-order valence-electron chi connectivity index (χ0n) is 19.0. The summed E-state index contributed by atoms with van der Waals surface area (Å²) in [5.41, 5.74) is 3.56. The van der Waals surface area contributed by atoms with Crippen LogP contribution < -0.4 is 0 Å². The van der Waals surface area contributed by atoms with E-state index in [2.05, 4.69) is 29.0 Å². The number of benzene rings is 2. The van der Waals surface area contributed by atoms with Crippen LogP contribution in [0, 0.1) is 5.82 Å². The molecule has 1 saturated heterocycles. The van der Waals surface area contributed by atoms with Crippen LogP contribution in [0.15, 0.2) is 42.5 Å². The van der Waals surface area contributed by atoms with E-state index >= 15 is 0 Å². The fourth-order valence-electron chi connectivity index (χ4n) is 5.21. The summed E-state index contributed by atoms with van der Waals surface area (Å²) in [6.45, 7) is 4.82. The van der Waals surface area contributed by atoms with Crippen LogP contribution in [0.2, 0.25) is 0 Å². The minimum absolute atomic E-state index is 0.214. The van der Waals surface area contributed by atoms with Gasteiger partial charge in [-0.05, 0) is 86.6 Å². The van der Waals surface area contributed by atoms with Crippen molar-refractivity contribution in [2.75, 3.05) is 19.6 Å². The number of nitrogens with zero attached hydrogens (tertiary/aromatic N) is 2. The first-order valence-corrected chi connectivity index (χ1v) is 12.0. The minimum atomic E-state index is -4.34. The zero-order chi connectivity index (χ0) is 23.8. The van der Waals surface area contributed by atoms with Crippen LogP contribution >= 0.6 is 12.6 Å². The molecule has 178 valence electrons. The number of hydrogen-bond acceptors (Lipinski definition) is 2. The van der Waals surface area contributed by atoms with Crippen molar-refractivity contribution in [2.24, 2.45) is 7.05 Å². The van der Waals surface area contributed by atoms with Crippen molar-refractivity contribution in [1.29, 1.82) is 0 Å². The van der Waals surface area contributed by atoms with E-state index < -0.39 is 11.7 Å². The molecule has 7 heteroatoms. The summed E-state index contributed by atoms with van der Waals surface area (Å²) < 4.78 is 55.0. The van der Waals surface area contributed by atoms with Crippen LogP contribution in [-0.2, 0) is 19.6 Å². The molecule has 1 fully saturated rings. The highest BCUT2D eigenvalue weighted by Crippen LogP contribution is 2.38. The molecule has 0 radical (unpaired) electrons. The van der Waals surface area contributed by atoms with Crippen molar-refractivity contribution in [2.45, 2.75) is 50.0 Å². The molecule has 1 aliphatic heterocycles. The second-order valence-electron chi connectivity index (χ2n) is 8.98. The minimum Gasteiger partial charge on any atom is -0.347 e. The van der Waals surface area contributed by atoms with E-state index in [1.54, 1.807) is 18.2 Å². The summed E-state index contributed by atoms with van der Waals surface area (Å²) in [6, 6.07) is 10.5. The molecular formula is C26H30F4N2S. The number of aryl methyl sites for hydroxylation is 1. The van der Waals surface area contributed by atoms with Gasteiger partial charge in [-0.15, -0.1) is 0 Å². The Bertz CT molecular complexity index is 1110. The largest absolute Gasteiger partial charge is 0.416 e. The van der Waals surface area contributed by atoms with Gasteiger partial charge in [0.1, 0.15) is 5.82 Å². The van der Waals surface area contributed by atoms with Crippen molar-refractivity contribution in [3.63, 3.8) is 0 Å². The van der Waals surface area contributed by atoms with E-state index in [1.807, 2.05) is 13.1 Å². The van der Waals surface area contributed by atoms with Gasteiger partial charge in [-0.25, -0.2) is 4.39 Å². The lowest BCUT2D eigenvalue weighted by Crippen LogP contribution is -2.34. The Morgan fingerprint density at radius 1 is 1.09 bits per heavy atom. The fraction of sp³-hybridized carbons (Fsp3) is 0.462. The molecule has 2 nitrogen and oxygen atoms in total. The van der Waals surface area contributed by atoms with Gasteiger partial charge in [0, 0.05) is 23.4 Å². The molecule has 1 unspecified atom stereocenters. The Hall–Kier alpha value is -1.99. The Kier molecular flexibility index (Phi) is 7.10. The number of alkyl halides is 3. The van der Waals surface area contributed by atoms with Gasteiger partial charge in [0.25, 0.3) is 0 Å². The average molecular weight is 479 g/mol. The summed E-state index contributed by atoms with van der Waals surface area (Å²) in [7, 11) is 2.01. The van der Waals surface area contributed by atoms with Gasteiger partial charge in [-0.2, -0.15) is 25.8 Å². The lowest BCUT2D eigenvalue weighted by atomic mass is 9.86. The van der Waals surface area contributed by atoms with Gasteiger partial charge in [-0.3, -0.25) is 0 Å². The number of aromatic nitrogens is 1. The van der Waals surface area contributed by atoms with Crippen LogP contribution in [0.3, 0.4) is 0 Å². The third kappa shape index (κ3) is 5.09. The number of fused-ring (bicyclic) bond motifs is 1. The van der Waals surface area contributed by atoms with Crippen LogP contribution in [-0.4, -0.2) is 29.1 Å². The number of halogens is 4. The molecule has 1 aromatic heterocycles. The molecule has 0 spiro atoms.